The maximum atomic E-state index is 13.7. The molecule has 7 heteroatoms. The van der Waals surface area contributed by atoms with Crippen molar-refractivity contribution in [2.24, 2.45) is 0 Å². The Kier molecular flexibility index (Phi) is 5.51. The molecule has 0 spiro atoms. The number of carbonyl (C=O) groups excluding carboxylic acids is 1. The van der Waals surface area contributed by atoms with Crippen LogP contribution in [0.4, 0.5) is 15.8 Å². The second kappa shape index (κ2) is 7.68. The molecule has 2 aromatic carbocycles. The number of anilines is 2. The molecule has 0 radical (unpaired) electrons. The van der Waals surface area contributed by atoms with Gasteiger partial charge in [-0.25, -0.2) is 12.8 Å². The van der Waals surface area contributed by atoms with Gasteiger partial charge in [-0.1, -0.05) is 25.0 Å². The Hall–Kier alpha value is -2.41. The van der Waals surface area contributed by atoms with Crippen LogP contribution in [0.1, 0.15) is 38.2 Å². The van der Waals surface area contributed by atoms with E-state index in [4.69, 9.17) is 0 Å². The maximum Gasteiger partial charge on any atom is 0.235 e. The number of amides is 1. The lowest BCUT2D eigenvalue weighted by atomic mass is 9.78. The lowest BCUT2D eigenvalue weighted by molar-refractivity contribution is -0.121. The number of benzene rings is 2. The average Bonchev–Trinajstić information content (AvgIpc) is 3.14. The van der Waals surface area contributed by atoms with Crippen molar-refractivity contribution < 1.29 is 17.6 Å². The van der Waals surface area contributed by atoms with Crippen LogP contribution in [-0.4, -0.2) is 20.1 Å². The lowest BCUT2D eigenvalue weighted by Crippen LogP contribution is -2.38. The van der Waals surface area contributed by atoms with Gasteiger partial charge in [-0.05, 0) is 61.7 Å². The predicted octanol–water partition coefficient (Wildman–Crippen LogP) is 4.04. The Balaban J connectivity index is 1.79. The van der Waals surface area contributed by atoms with Gasteiger partial charge in [-0.15, -0.1) is 0 Å². The zero-order valence-electron chi connectivity index (χ0n) is 15.2. The second-order valence-electron chi connectivity index (χ2n) is 6.84. The first-order valence-electron chi connectivity index (χ1n) is 9.03. The van der Waals surface area contributed by atoms with Gasteiger partial charge in [-0.3, -0.25) is 9.52 Å². The monoisotopic (exact) mass is 390 g/mol. The van der Waals surface area contributed by atoms with E-state index in [1.165, 1.54) is 12.1 Å². The largest absolute Gasteiger partial charge is 0.325 e. The van der Waals surface area contributed by atoms with Gasteiger partial charge in [0.15, 0.2) is 0 Å². The normalized spacial score (nSPS) is 16.1. The van der Waals surface area contributed by atoms with Gasteiger partial charge >= 0.3 is 0 Å². The molecule has 0 bridgehead atoms. The molecule has 1 amide bonds. The van der Waals surface area contributed by atoms with E-state index in [1.54, 1.807) is 43.3 Å². The predicted molar refractivity (Wildman–Crippen MR) is 105 cm³/mol. The van der Waals surface area contributed by atoms with E-state index in [0.717, 1.165) is 12.8 Å². The van der Waals surface area contributed by atoms with Crippen LogP contribution in [0.15, 0.2) is 48.5 Å². The van der Waals surface area contributed by atoms with Gasteiger partial charge in [0.05, 0.1) is 11.2 Å². The first kappa shape index (κ1) is 19.4. The molecule has 1 aliphatic rings. The third kappa shape index (κ3) is 4.30. The topological polar surface area (TPSA) is 75.3 Å². The fourth-order valence-corrected chi connectivity index (χ4v) is 4.18. The summed E-state index contributed by atoms with van der Waals surface area (Å²) in [6, 6.07) is 12.8. The van der Waals surface area contributed by atoms with Crippen molar-refractivity contribution in [3.05, 3.63) is 59.9 Å². The van der Waals surface area contributed by atoms with E-state index in [1.807, 2.05) is 0 Å². The Morgan fingerprint density at radius 1 is 1.07 bits per heavy atom. The van der Waals surface area contributed by atoms with Crippen LogP contribution in [0.25, 0.3) is 0 Å². The quantitative estimate of drug-likeness (QED) is 0.782. The molecular formula is C20H23FN2O3S. The van der Waals surface area contributed by atoms with Crippen LogP contribution >= 0.6 is 0 Å². The van der Waals surface area contributed by atoms with Crippen molar-refractivity contribution in [2.75, 3.05) is 15.8 Å². The summed E-state index contributed by atoms with van der Waals surface area (Å²) in [5.41, 5.74) is 0.979. The molecular weight excluding hydrogens is 367 g/mol. The fourth-order valence-electron chi connectivity index (χ4n) is 3.54. The Morgan fingerprint density at radius 3 is 2.30 bits per heavy atom. The summed E-state index contributed by atoms with van der Waals surface area (Å²) >= 11 is 0. The van der Waals surface area contributed by atoms with Gasteiger partial charge in [0.25, 0.3) is 0 Å². The van der Waals surface area contributed by atoms with Crippen LogP contribution in [0, 0.1) is 5.82 Å². The Morgan fingerprint density at radius 2 is 1.70 bits per heavy atom. The summed E-state index contributed by atoms with van der Waals surface area (Å²) < 4.78 is 39.4. The van der Waals surface area contributed by atoms with E-state index in [9.17, 15) is 17.6 Å². The van der Waals surface area contributed by atoms with Gasteiger partial charge in [0, 0.05) is 11.4 Å². The molecule has 1 saturated carbocycles. The zero-order chi connectivity index (χ0) is 19.5. The zero-order valence-corrected chi connectivity index (χ0v) is 16.0. The highest BCUT2D eigenvalue weighted by Crippen LogP contribution is 2.42. The highest BCUT2D eigenvalue weighted by Gasteiger charge is 2.42. The maximum absolute atomic E-state index is 13.7. The molecule has 3 rings (SSSR count). The summed E-state index contributed by atoms with van der Waals surface area (Å²) in [6.07, 6.45) is 3.19. The minimum absolute atomic E-state index is 0.0123. The van der Waals surface area contributed by atoms with Gasteiger partial charge < -0.3 is 5.32 Å². The van der Waals surface area contributed by atoms with Gasteiger partial charge in [0.1, 0.15) is 5.82 Å². The van der Waals surface area contributed by atoms with E-state index in [-0.39, 0.29) is 17.5 Å². The number of carbonyl (C=O) groups is 1. The molecule has 144 valence electrons. The third-order valence-electron chi connectivity index (χ3n) is 5.07. The number of sulfonamides is 1. The average molecular weight is 390 g/mol. The van der Waals surface area contributed by atoms with Crippen molar-refractivity contribution in [3.63, 3.8) is 0 Å². The van der Waals surface area contributed by atoms with Crippen molar-refractivity contribution in [1.82, 2.24) is 0 Å². The van der Waals surface area contributed by atoms with Gasteiger partial charge in [-0.2, -0.15) is 0 Å². The molecule has 2 aromatic rings. The summed E-state index contributed by atoms with van der Waals surface area (Å²) in [6.45, 7) is 1.56. The molecule has 0 heterocycles. The van der Waals surface area contributed by atoms with Crippen molar-refractivity contribution in [1.29, 1.82) is 0 Å². The van der Waals surface area contributed by atoms with Gasteiger partial charge in [0.2, 0.25) is 15.9 Å². The van der Waals surface area contributed by atoms with E-state index >= 15 is 0 Å². The minimum atomic E-state index is -3.34. The highest BCUT2D eigenvalue weighted by molar-refractivity contribution is 7.92. The van der Waals surface area contributed by atoms with Crippen LogP contribution in [0.5, 0.6) is 0 Å². The fraction of sp³-hybridized carbons (Fsp3) is 0.350. The summed E-state index contributed by atoms with van der Waals surface area (Å²) in [7, 11) is -3.34. The number of hydrogen-bond acceptors (Lipinski definition) is 3. The van der Waals surface area contributed by atoms with Crippen LogP contribution in [0.2, 0.25) is 0 Å². The minimum Gasteiger partial charge on any atom is -0.325 e. The SMILES string of the molecule is CCS(=O)(=O)Nc1ccc(NC(=O)C2(c3cccc(F)c3)CCCC2)cc1. The van der Waals surface area contributed by atoms with Crippen LogP contribution in [0.3, 0.4) is 0 Å². The van der Waals surface area contributed by atoms with E-state index in [2.05, 4.69) is 10.0 Å². The second-order valence-corrected chi connectivity index (χ2v) is 8.85. The molecule has 0 atom stereocenters. The lowest BCUT2D eigenvalue weighted by Gasteiger charge is -2.28. The number of rotatable bonds is 6. The van der Waals surface area contributed by atoms with E-state index < -0.39 is 15.4 Å². The smallest absolute Gasteiger partial charge is 0.235 e. The third-order valence-corrected chi connectivity index (χ3v) is 6.37. The molecule has 2 N–H and O–H groups in total. The summed E-state index contributed by atoms with van der Waals surface area (Å²) in [4.78, 5) is 13.1. The molecule has 0 unspecified atom stereocenters. The van der Waals surface area contributed by atoms with E-state index in [0.29, 0.717) is 29.8 Å². The Labute approximate surface area is 159 Å². The first-order chi connectivity index (χ1) is 12.8. The molecule has 0 aromatic heterocycles. The number of hydrogen-bond donors (Lipinski definition) is 2. The van der Waals surface area contributed by atoms with Crippen LogP contribution in [-0.2, 0) is 20.2 Å². The summed E-state index contributed by atoms with van der Waals surface area (Å²) in [5, 5.41) is 2.91. The highest BCUT2D eigenvalue weighted by atomic mass is 32.2. The number of halogens is 1. The van der Waals surface area contributed by atoms with Crippen molar-refractivity contribution in [2.45, 2.75) is 38.0 Å². The molecule has 0 saturated heterocycles. The van der Waals surface area contributed by atoms with Crippen molar-refractivity contribution >= 4 is 27.3 Å². The standard InChI is InChI=1S/C20H23FN2O3S/c1-2-27(25,26)23-18-10-8-17(9-11-18)22-19(24)20(12-3-4-13-20)15-6-5-7-16(21)14-15/h5-11,14,23H,2-4,12-13H2,1H3,(H,22,24). The Bertz CT molecular complexity index is 920. The van der Waals surface area contributed by atoms with Crippen molar-refractivity contribution in [3.8, 4) is 0 Å². The molecule has 27 heavy (non-hydrogen) atoms. The molecule has 0 aliphatic heterocycles. The molecule has 1 fully saturated rings. The molecule has 1 aliphatic carbocycles. The van der Waals surface area contributed by atoms with Crippen LogP contribution < -0.4 is 10.0 Å². The number of nitrogens with one attached hydrogen (secondary N) is 2. The molecule has 5 nitrogen and oxygen atoms in total. The summed E-state index contributed by atoms with van der Waals surface area (Å²) in [5.74, 6) is -0.520. The first-order valence-corrected chi connectivity index (χ1v) is 10.7.